The first-order chi connectivity index (χ1) is 13.5. The van der Waals surface area contributed by atoms with E-state index in [1.54, 1.807) is 16.8 Å². The molecule has 4 aromatic rings. The predicted molar refractivity (Wildman–Crippen MR) is 113 cm³/mol. The second-order valence-corrected chi connectivity index (χ2v) is 7.71. The molecule has 0 atom stereocenters. The van der Waals surface area contributed by atoms with E-state index in [1.165, 1.54) is 28.0 Å². The number of nitrogens with zero attached hydrogens (tertiary/aromatic N) is 4. The molecular weight excluding hydrogens is 370 g/mol. The van der Waals surface area contributed by atoms with Crippen molar-refractivity contribution in [3.05, 3.63) is 58.0 Å². The number of aryl methyl sites for hydroxylation is 4. The standard InChI is InChI=1S/C21H21N5OS/c1-5-26-19-7-6-15(10-17(19)24-25-26)20(27)23-21-22-18(11-28-21)16-9-13(3)12(2)8-14(16)4/h6-11H,5H2,1-4H3,(H,22,23,27). The molecule has 2 aromatic carbocycles. The van der Waals surface area contributed by atoms with E-state index in [1.807, 2.05) is 18.4 Å². The molecule has 1 N–H and O–H groups in total. The lowest BCUT2D eigenvalue weighted by molar-refractivity contribution is 0.102. The molecule has 0 spiro atoms. The molecule has 0 radical (unpaired) electrons. The number of rotatable bonds is 4. The van der Waals surface area contributed by atoms with Crippen molar-refractivity contribution < 1.29 is 4.79 Å². The third-order valence-corrected chi connectivity index (χ3v) is 5.67. The summed E-state index contributed by atoms with van der Waals surface area (Å²) in [6, 6.07) is 9.73. The molecule has 0 unspecified atom stereocenters. The molecule has 6 nitrogen and oxygen atoms in total. The van der Waals surface area contributed by atoms with Gasteiger partial charge in [0.15, 0.2) is 5.13 Å². The molecule has 0 aliphatic rings. The average molecular weight is 392 g/mol. The van der Waals surface area contributed by atoms with Crippen molar-refractivity contribution in [2.75, 3.05) is 5.32 Å². The highest BCUT2D eigenvalue weighted by atomic mass is 32.1. The summed E-state index contributed by atoms with van der Waals surface area (Å²) in [6.07, 6.45) is 0. The summed E-state index contributed by atoms with van der Waals surface area (Å²) < 4.78 is 1.80. The number of fused-ring (bicyclic) bond motifs is 1. The van der Waals surface area contributed by atoms with E-state index in [9.17, 15) is 4.79 Å². The summed E-state index contributed by atoms with van der Waals surface area (Å²) in [4.78, 5) is 17.3. The van der Waals surface area contributed by atoms with Crippen molar-refractivity contribution in [2.45, 2.75) is 34.2 Å². The van der Waals surface area contributed by atoms with Crippen LogP contribution in [0.5, 0.6) is 0 Å². The molecule has 4 rings (SSSR count). The Hall–Kier alpha value is -3.06. The van der Waals surface area contributed by atoms with E-state index >= 15 is 0 Å². The molecule has 0 saturated heterocycles. The number of carbonyl (C=O) groups excluding carboxylic acids is 1. The molecule has 2 aromatic heterocycles. The van der Waals surface area contributed by atoms with Crippen molar-refractivity contribution in [1.82, 2.24) is 20.0 Å². The van der Waals surface area contributed by atoms with Gasteiger partial charge in [-0.3, -0.25) is 10.1 Å². The van der Waals surface area contributed by atoms with Crippen LogP contribution in [0.2, 0.25) is 0 Å². The predicted octanol–water partition coefficient (Wildman–Crippen LogP) is 4.75. The van der Waals surface area contributed by atoms with Crippen LogP contribution in [0.4, 0.5) is 5.13 Å². The minimum Gasteiger partial charge on any atom is -0.298 e. The first-order valence-corrected chi connectivity index (χ1v) is 10.0. The van der Waals surface area contributed by atoms with Gasteiger partial charge in [-0.05, 0) is 68.7 Å². The fraction of sp³-hybridized carbons (Fsp3) is 0.238. The van der Waals surface area contributed by atoms with Gasteiger partial charge in [-0.15, -0.1) is 16.4 Å². The lowest BCUT2D eigenvalue weighted by atomic mass is 9.99. The highest BCUT2D eigenvalue weighted by Crippen LogP contribution is 2.29. The van der Waals surface area contributed by atoms with Crippen LogP contribution in [0.1, 0.15) is 34.0 Å². The normalized spacial score (nSPS) is 11.1. The van der Waals surface area contributed by atoms with Gasteiger partial charge in [0.2, 0.25) is 0 Å². The van der Waals surface area contributed by atoms with Gasteiger partial charge in [0.25, 0.3) is 5.91 Å². The molecule has 142 valence electrons. The number of benzene rings is 2. The number of nitrogens with one attached hydrogen (secondary N) is 1. The molecule has 1 amide bonds. The lowest BCUT2D eigenvalue weighted by Crippen LogP contribution is -2.11. The van der Waals surface area contributed by atoms with Crippen molar-refractivity contribution >= 4 is 33.4 Å². The molecular formula is C21H21N5OS. The Bertz CT molecular complexity index is 1190. The van der Waals surface area contributed by atoms with Gasteiger partial charge in [-0.25, -0.2) is 9.67 Å². The first kappa shape index (κ1) is 18.3. The van der Waals surface area contributed by atoms with Gasteiger partial charge >= 0.3 is 0 Å². The number of hydrogen-bond donors (Lipinski definition) is 1. The van der Waals surface area contributed by atoms with Crippen molar-refractivity contribution in [3.8, 4) is 11.3 Å². The van der Waals surface area contributed by atoms with Crippen LogP contribution in [-0.4, -0.2) is 25.9 Å². The van der Waals surface area contributed by atoms with Crippen LogP contribution in [0, 0.1) is 20.8 Å². The van der Waals surface area contributed by atoms with Crippen molar-refractivity contribution in [2.24, 2.45) is 0 Å². The summed E-state index contributed by atoms with van der Waals surface area (Å²) in [5.74, 6) is -0.203. The number of amides is 1. The second-order valence-electron chi connectivity index (χ2n) is 6.85. The van der Waals surface area contributed by atoms with Crippen LogP contribution >= 0.6 is 11.3 Å². The van der Waals surface area contributed by atoms with Gasteiger partial charge in [-0.2, -0.15) is 0 Å². The summed E-state index contributed by atoms with van der Waals surface area (Å²) in [7, 11) is 0. The largest absolute Gasteiger partial charge is 0.298 e. The van der Waals surface area contributed by atoms with Gasteiger partial charge in [0.1, 0.15) is 5.52 Å². The van der Waals surface area contributed by atoms with E-state index in [0.717, 1.165) is 23.3 Å². The summed E-state index contributed by atoms with van der Waals surface area (Å²) >= 11 is 1.42. The summed E-state index contributed by atoms with van der Waals surface area (Å²) in [6.45, 7) is 9.03. The second kappa shape index (κ2) is 7.16. The fourth-order valence-electron chi connectivity index (χ4n) is 3.21. The van der Waals surface area contributed by atoms with E-state index in [-0.39, 0.29) is 5.91 Å². The average Bonchev–Trinajstić information content (AvgIpc) is 3.30. The number of hydrogen-bond acceptors (Lipinski definition) is 5. The Balaban J connectivity index is 1.57. The Kier molecular flexibility index (Phi) is 4.68. The monoisotopic (exact) mass is 391 g/mol. The molecule has 0 saturated carbocycles. The third kappa shape index (κ3) is 3.29. The molecule has 0 aliphatic carbocycles. The number of aromatic nitrogens is 4. The summed E-state index contributed by atoms with van der Waals surface area (Å²) in [5.41, 5.74) is 7.80. The van der Waals surface area contributed by atoms with Gasteiger partial charge in [0, 0.05) is 23.1 Å². The maximum absolute atomic E-state index is 12.6. The van der Waals surface area contributed by atoms with Crippen molar-refractivity contribution in [1.29, 1.82) is 0 Å². The van der Waals surface area contributed by atoms with E-state index in [4.69, 9.17) is 0 Å². The zero-order valence-corrected chi connectivity index (χ0v) is 17.1. The Morgan fingerprint density at radius 3 is 2.68 bits per heavy atom. The topological polar surface area (TPSA) is 72.7 Å². The van der Waals surface area contributed by atoms with Gasteiger partial charge < -0.3 is 0 Å². The Labute approximate surface area is 167 Å². The van der Waals surface area contributed by atoms with E-state index < -0.39 is 0 Å². The molecule has 0 bridgehead atoms. The van der Waals surface area contributed by atoms with Gasteiger partial charge in [0.05, 0.1) is 11.2 Å². The molecule has 0 fully saturated rings. The fourth-order valence-corrected chi connectivity index (χ4v) is 3.91. The number of carbonyl (C=O) groups is 1. The third-order valence-electron chi connectivity index (χ3n) is 4.92. The zero-order valence-electron chi connectivity index (χ0n) is 16.3. The molecule has 28 heavy (non-hydrogen) atoms. The van der Waals surface area contributed by atoms with Gasteiger partial charge in [-0.1, -0.05) is 11.3 Å². The van der Waals surface area contributed by atoms with E-state index in [0.29, 0.717) is 16.2 Å². The Morgan fingerprint density at radius 1 is 1.11 bits per heavy atom. The zero-order chi connectivity index (χ0) is 19.8. The number of anilines is 1. The lowest BCUT2D eigenvalue weighted by Gasteiger charge is -2.07. The molecule has 0 aliphatic heterocycles. The highest BCUT2D eigenvalue weighted by molar-refractivity contribution is 7.14. The minimum atomic E-state index is -0.203. The SMILES string of the molecule is CCn1nnc2cc(C(=O)Nc3nc(-c4cc(C)c(C)cc4C)cs3)ccc21. The van der Waals surface area contributed by atoms with Crippen LogP contribution in [0.15, 0.2) is 35.7 Å². The van der Waals surface area contributed by atoms with Crippen molar-refractivity contribution in [3.63, 3.8) is 0 Å². The maximum Gasteiger partial charge on any atom is 0.257 e. The van der Waals surface area contributed by atoms with Crippen LogP contribution in [0.3, 0.4) is 0 Å². The smallest absolute Gasteiger partial charge is 0.257 e. The minimum absolute atomic E-state index is 0.203. The summed E-state index contributed by atoms with van der Waals surface area (Å²) in [5, 5.41) is 13.7. The Morgan fingerprint density at radius 2 is 1.89 bits per heavy atom. The van der Waals surface area contributed by atoms with Crippen LogP contribution in [-0.2, 0) is 6.54 Å². The van der Waals surface area contributed by atoms with E-state index in [2.05, 4.69) is 53.5 Å². The first-order valence-electron chi connectivity index (χ1n) is 9.14. The van der Waals surface area contributed by atoms with Crippen LogP contribution < -0.4 is 5.32 Å². The highest BCUT2D eigenvalue weighted by Gasteiger charge is 2.14. The maximum atomic E-state index is 12.6. The number of thiazole rings is 1. The quantitative estimate of drug-likeness (QED) is 0.545. The van der Waals surface area contributed by atoms with Crippen LogP contribution in [0.25, 0.3) is 22.3 Å². The molecule has 2 heterocycles. The molecule has 7 heteroatoms.